The van der Waals surface area contributed by atoms with E-state index in [9.17, 15) is 0 Å². The Morgan fingerprint density at radius 2 is 0.584 bits per heavy atom. The molecule has 0 aromatic heterocycles. The zero-order valence-corrected chi connectivity index (χ0v) is 64.9. The van der Waals surface area contributed by atoms with E-state index in [1.165, 1.54) is 368 Å². The van der Waals surface area contributed by atoms with E-state index in [-0.39, 0.29) is 10.8 Å². The molecule has 0 saturated carbocycles. The summed E-state index contributed by atoms with van der Waals surface area (Å²) in [5, 5.41) is 2.79. The summed E-state index contributed by atoms with van der Waals surface area (Å²) in [6, 6.07) is 61.2. The average molecular weight is 1350 g/mol. The number of hydrogen-bond acceptors (Lipinski definition) is 1. The zero-order chi connectivity index (χ0) is 69.9. The van der Waals surface area contributed by atoms with Gasteiger partial charge in [-0.05, 0) is 196 Å². The van der Waals surface area contributed by atoms with Crippen molar-refractivity contribution in [3.05, 3.63) is 196 Å². The van der Waals surface area contributed by atoms with Gasteiger partial charge in [0.05, 0.1) is 0 Å². The fourth-order valence-electron chi connectivity index (χ4n) is 18.8. The molecule has 0 saturated heterocycles. The van der Waals surface area contributed by atoms with Crippen molar-refractivity contribution in [3.8, 4) is 44.5 Å². The van der Waals surface area contributed by atoms with Crippen LogP contribution in [0.2, 0.25) is 0 Å². The van der Waals surface area contributed by atoms with Crippen LogP contribution in [0.15, 0.2) is 152 Å². The quantitative estimate of drug-likeness (QED) is 0.0344. The van der Waals surface area contributed by atoms with Gasteiger partial charge >= 0.3 is 0 Å². The smallest absolute Gasteiger partial charge is 0.0462 e. The van der Waals surface area contributed by atoms with Crippen molar-refractivity contribution in [3.63, 3.8) is 0 Å². The van der Waals surface area contributed by atoms with Crippen molar-refractivity contribution in [2.24, 2.45) is 0 Å². The van der Waals surface area contributed by atoms with E-state index in [4.69, 9.17) is 0 Å². The lowest BCUT2D eigenvalue weighted by molar-refractivity contribution is 0.393. The van der Waals surface area contributed by atoms with Crippen LogP contribution in [0.1, 0.15) is 355 Å². The van der Waals surface area contributed by atoms with E-state index in [0.29, 0.717) is 0 Å². The van der Waals surface area contributed by atoms with Crippen LogP contribution < -0.4 is 4.90 Å². The fraction of sp³-hybridized carbons (Fsp3) is 0.540. The first-order valence-corrected chi connectivity index (χ1v) is 42.9. The van der Waals surface area contributed by atoms with Gasteiger partial charge in [-0.15, -0.1) is 0 Å². The Morgan fingerprint density at radius 3 is 0.980 bits per heavy atom. The zero-order valence-electron chi connectivity index (χ0n) is 64.9. The van der Waals surface area contributed by atoms with Crippen LogP contribution in [0.3, 0.4) is 0 Å². The Bertz CT molecular complexity index is 3710. The molecule has 0 aliphatic heterocycles. The Labute approximate surface area is 617 Å². The van der Waals surface area contributed by atoms with Gasteiger partial charge < -0.3 is 4.90 Å². The molecule has 0 N–H and O–H groups in total. The summed E-state index contributed by atoms with van der Waals surface area (Å²) in [4.78, 5) is 2.47. The molecule has 11 rings (SSSR count). The summed E-state index contributed by atoms with van der Waals surface area (Å²) in [7, 11) is 0. The molecule has 1 nitrogen and oxygen atoms in total. The molecule has 0 atom stereocenters. The average Bonchev–Trinajstić information content (AvgIpc) is 1.54. The highest BCUT2D eigenvalue weighted by molar-refractivity contribution is 6.00. The maximum atomic E-state index is 2.89. The molecule has 0 fully saturated rings. The lowest BCUT2D eigenvalue weighted by Crippen LogP contribution is -2.27. The maximum absolute atomic E-state index is 2.89. The van der Waals surface area contributed by atoms with Crippen molar-refractivity contribution in [2.45, 2.75) is 348 Å². The number of benzene rings is 8. The van der Waals surface area contributed by atoms with Gasteiger partial charge in [-0.3, -0.25) is 0 Å². The molecule has 0 heterocycles. The Balaban J connectivity index is 0.949. The van der Waals surface area contributed by atoms with Crippen LogP contribution >= 0.6 is 0 Å². The van der Waals surface area contributed by atoms with Gasteiger partial charge in [-0.2, -0.15) is 0 Å². The van der Waals surface area contributed by atoms with Crippen LogP contribution in [0.5, 0.6) is 0 Å². The second-order valence-electron chi connectivity index (χ2n) is 32.5. The number of rotatable bonds is 49. The normalized spacial score (nSPS) is 13.7. The monoisotopic (exact) mass is 1350 g/mol. The molecule has 0 radical (unpaired) electrons. The Morgan fingerprint density at radius 1 is 0.257 bits per heavy atom. The summed E-state index contributed by atoms with van der Waals surface area (Å²) in [5.74, 6) is 0. The summed E-state index contributed by atoms with van der Waals surface area (Å²) >= 11 is 0. The molecule has 8 aromatic rings. The first kappa shape index (κ1) is 76.0. The first-order chi connectivity index (χ1) is 49.8. The SMILES string of the molecule is CCCCCCCCCCCCC1(CCCCCCCCCCCC)c2cc(C)ccc2-c2cc3c(cc21)-c1ccc(-c2ccc(N(c4ccc(C)cc4)c4ccc(-c5cc6c(c7ccccc57)CC6)cc4)cc2)cc1C3(CCCCCCCCCCCC)CCCCCCCCCCCC. The largest absolute Gasteiger partial charge is 0.311 e. The molecular formula is C100H135N. The number of nitrogens with zero attached hydrogens (tertiary/aromatic N) is 1. The number of anilines is 3. The third-order valence-electron chi connectivity index (χ3n) is 24.9. The van der Waals surface area contributed by atoms with Gasteiger partial charge in [0.1, 0.15) is 0 Å². The lowest BCUT2D eigenvalue weighted by Gasteiger charge is -2.35. The first-order valence-electron chi connectivity index (χ1n) is 42.9. The van der Waals surface area contributed by atoms with Crippen molar-refractivity contribution < 1.29 is 0 Å². The Hall–Kier alpha value is -6.18. The van der Waals surface area contributed by atoms with Gasteiger partial charge in [-0.25, -0.2) is 0 Å². The van der Waals surface area contributed by atoms with Crippen molar-refractivity contribution in [2.75, 3.05) is 4.90 Å². The van der Waals surface area contributed by atoms with Crippen molar-refractivity contribution in [1.29, 1.82) is 0 Å². The highest BCUT2D eigenvalue weighted by Gasteiger charge is 2.48. The van der Waals surface area contributed by atoms with Crippen molar-refractivity contribution in [1.82, 2.24) is 0 Å². The van der Waals surface area contributed by atoms with E-state index in [1.807, 2.05) is 0 Å². The summed E-state index contributed by atoms with van der Waals surface area (Å²) in [6.07, 6.45) is 62.5. The molecule has 540 valence electrons. The van der Waals surface area contributed by atoms with E-state index in [2.05, 4.69) is 198 Å². The predicted molar refractivity (Wildman–Crippen MR) is 445 cm³/mol. The molecule has 3 aliphatic rings. The lowest BCUT2D eigenvalue weighted by atomic mass is 9.68. The Kier molecular flexibility index (Phi) is 29.8. The number of aryl methyl sites for hydroxylation is 4. The molecule has 101 heavy (non-hydrogen) atoms. The van der Waals surface area contributed by atoms with E-state index in [0.717, 1.165) is 0 Å². The van der Waals surface area contributed by atoms with Gasteiger partial charge in [0.2, 0.25) is 0 Å². The van der Waals surface area contributed by atoms with Gasteiger partial charge in [0.25, 0.3) is 0 Å². The van der Waals surface area contributed by atoms with Gasteiger partial charge in [0, 0.05) is 27.9 Å². The topological polar surface area (TPSA) is 3.24 Å². The standard InChI is InChI=1S/C100H135N/c1-7-11-15-19-23-27-31-35-39-45-69-99(70-46-40-36-32-28-24-20-16-12-8-2)95-73-79(6)53-66-90(95)93-76-98-94(77-97(93)99)91-68-58-82(75-96(91)100(98,71-47-41-37-33-29-25-21-17-13-9-3)72-48-42-38-34-30-26-22-18-14-10-4)80-54-62-85(63-55-80)101(84-60-51-78(5)52-61-84)86-64-56-81(57-65-86)92-74-83-59-67-87(83)88-49-43-44-50-89(88)92/h43-44,49-58,60-66,68,73-77H,7-42,45-48,59,67,69-72H2,1-6H3. The van der Waals surface area contributed by atoms with Crippen molar-refractivity contribution >= 4 is 27.8 Å². The van der Waals surface area contributed by atoms with Crippen LogP contribution in [0, 0.1) is 13.8 Å². The van der Waals surface area contributed by atoms with Crippen LogP contribution in [0.25, 0.3) is 55.3 Å². The second kappa shape index (κ2) is 39.6. The molecule has 3 aliphatic carbocycles. The fourth-order valence-corrected chi connectivity index (χ4v) is 18.8. The van der Waals surface area contributed by atoms with Crippen LogP contribution in [-0.4, -0.2) is 0 Å². The van der Waals surface area contributed by atoms with Crippen LogP contribution in [0.4, 0.5) is 17.1 Å². The number of unbranched alkanes of at least 4 members (excludes halogenated alkanes) is 36. The molecule has 0 amide bonds. The second-order valence-corrected chi connectivity index (χ2v) is 32.5. The minimum atomic E-state index is -0.0413. The predicted octanol–water partition coefficient (Wildman–Crippen LogP) is 32.1. The molecule has 8 aromatic carbocycles. The third kappa shape index (κ3) is 19.4. The summed E-state index contributed by atoms with van der Waals surface area (Å²) in [5.41, 5.74) is 27.5. The molecule has 1 heteroatoms. The maximum Gasteiger partial charge on any atom is 0.0462 e. The summed E-state index contributed by atoms with van der Waals surface area (Å²) < 4.78 is 0. The minimum absolute atomic E-state index is 0.0397. The van der Waals surface area contributed by atoms with E-state index < -0.39 is 0 Å². The summed E-state index contributed by atoms with van der Waals surface area (Å²) in [6.45, 7) is 14.0. The van der Waals surface area contributed by atoms with Gasteiger partial charge in [0.15, 0.2) is 0 Å². The minimum Gasteiger partial charge on any atom is -0.311 e. The third-order valence-corrected chi connectivity index (χ3v) is 24.9. The molecule has 0 bridgehead atoms. The molecule has 0 unspecified atom stereocenters. The van der Waals surface area contributed by atoms with Crippen LogP contribution in [-0.2, 0) is 23.7 Å². The highest BCUT2D eigenvalue weighted by atomic mass is 15.1. The molecular weight excluding hydrogens is 1220 g/mol. The number of hydrogen-bond donors (Lipinski definition) is 0. The van der Waals surface area contributed by atoms with Gasteiger partial charge in [-0.1, -0.05) is 393 Å². The molecule has 0 spiro atoms. The van der Waals surface area contributed by atoms with E-state index >= 15 is 0 Å². The van der Waals surface area contributed by atoms with E-state index in [1.54, 1.807) is 44.5 Å². The highest BCUT2D eigenvalue weighted by Crippen LogP contribution is 2.62. The number of fused-ring (bicyclic) bond motifs is 9.